The molecule has 33 heavy (non-hydrogen) atoms. The highest BCUT2D eigenvalue weighted by Gasteiger charge is 2.15. The molecule has 0 aliphatic rings. The molecule has 0 atom stereocenters. The molecule has 0 spiro atoms. The topological polar surface area (TPSA) is 76.8 Å². The van der Waals surface area contributed by atoms with Crippen LogP contribution in [0.3, 0.4) is 0 Å². The fourth-order valence-corrected chi connectivity index (χ4v) is 4.51. The van der Waals surface area contributed by atoms with E-state index in [0.29, 0.717) is 16.8 Å². The molecule has 0 amide bonds. The van der Waals surface area contributed by atoms with Crippen LogP contribution in [0.2, 0.25) is 5.02 Å². The molecule has 0 unspecified atom stereocenters. The minimum absolute atomic E-state index is 0.180. The first-order valence-corrected chi connectivity index (χ1v) is 11.0. The quantitative estimate of drug-likeness (QED) is 0.318. The number of H-pyrrole nitrogens is 1. The van der Waals surface area contributed by atoms with Gasteiger partial charge in [-0.25, -0.2) is 0 Å². The summed E-state index contributed by atoms with van der Waals surface area (Å²) in [6, 6.07) is 15.4. The van der Waals surface area contributed by atoms with E-state index in [2.05, 4.69) is 46.1 Å². The van der Waals surface area contributed by atoms with Gasteiger partial charge in [0.2, 0.25) is 5.89 Å². The van der Waals surface area contributed by atoms with Crippen molar-refractivity contribution >= 4 is 44.2 Å². The number of pyridine rings is 1. The van der Waals surface area contributed by atoms with E-state index in [9.17, 15) is 0 Å². The van der Waals surface area contributed by atoms with Crippen LogP contribution >= 0.6 is 11.6 Å². The lowest BCUT2D eigenvalue weighted by atomic mass is 9.97. The second-order valence-corrected chi connectivity index (χ2v) is 8.49. The standard InChI is InChI=1S/C26H19ClN4O2/c1-14-21-12-28-10-9-19(21)15(2)25-24(14)20-11-18(7-8-22(20)29-25)32-13-23-30-31-26(33-23)16-3-5-17(27)6-4-16/h3-12,29H,13H2,1-2H3. The molecule has 0 bridgehead atoms. The molecule has 6 rings (SSSR count). The van der Waals surface area contributed by atoms with Gasteiger partial charge in [0.15, 0.2) is 6.61 Å². The minimum Gasteiger partial charge on any atom is -0.484 e. The molecule has 7 heteroatoms. The van der Waals surface area contributed by atoms with Crippen LogP contribution in [0.15, 0.2) is 65.3 Å². The monoisotopic (exact) mass is 454 g/mol. The van der Waals surface area contributed by atoms with Crippen LogP contribution in [0.5, 0.6) is 5.75 Å². The molecule has 3 heterocycles. The van der Waals surface area contributed by atoms with Crippen molar-refractivity contribution in [3.05, 3.63) is 83.0 Å². The van der Waals surface area contributed by atoms with E-state index >= 15 is 0 Å². The van der Waals surface area contributed by atoms with Crippen LogP contribution in [0.4, 0.5) is 0 Å². The number of ether oxygens (including phenoxy) is 1. The van der Waals surface area contributed by atoms with Crippen LogP contribution in [0.1, 0.15) is 17.0 Å². The molecule has 1 N–H and O–H groups in total. The van der Waals surface area contributed by atoms with Gasteiger partial charge < -0.3 is 14.1 Å². The van der Waals surface area contributed by atoms with Crippen molar-refractivity contribution in [2.45, 2.75) is 20.5 Å². The molecule has 0 fully saturated rings. The SMILES string of the molecule is Cc1c2ccncc2c(C)c2c1[nH]c1ccc(OCc3nnc(-c4ccc(Cl)cc4)o3)cc12. The number of nitrogens with zero attached hydrogens (tertiary/aromatic N) is 3. The normalized spacial score (nSPS) is 11.6. The Hall–Kier alpha value is -3.90. The lowest BCUT2D eigenvalue weighted by molar-refractivity contribution is 0.265. The van der Waals surface area contributed by atoms with E-state index < -0.39 is 0 Å². The number of benzene rings is 3. The molecule has 162 valence electrons. The number of aromatic nitrogens is 4. The zero-order valence-electron chi connectivity index (χ0n) is 18.0. The average Bonchev–Trinajstić information content (AvgIpc) is 3.47. The van der Waals surface area contributed by atoms with E-state index in [0.717, 1.165) is 33.1 Å². The van der Waals surface area contributed by atoms with Gasteiger partial charge in [-0.05, 0) is 78.9 Å². The Bertz CT molecular complexity index is 1650. The molecule has 3 aromatic carbocycles. The van der Waals surface area contributed by atoms with Gasteiger partial charge in [0.1, 0.15) is 5.75 Å². The van der Waals surface area contributed by atoms with Crippen molar-refractivity contribution in [3.8, 4) is 17.2 Å². The lowest BCUT2D eigenvalue weighted by Crippen LogP contribution is -1.95. The number of nitrogens with one attached hydrogen (secondary N) is 1. The summed E-state index contributed by atoms with van der Waals surface area (Å²) in [6.45, 7) is 4.47. The van der Waals surface area contributed by atoms with Crippen LogP contribution in [0, 0.1) is 13.8 Å². The highest BCUT2D eigenvalue weighted by molar-refractivity contribution is 6.30. The number of aromatic amines is 1. The van der Waals surface area contributed by atoms with Crippen LogP contribution in [0.25, 0.3) is 44.0 Å². The zero-order chi connectivity index (χ0) is 22.5. The lowest BCUT2D eigenvalue weighted by Gasteiger charge is -2.08. The maximum atomic E-state index is 6.00. The largest absolute Gasteiger partial charge is 0.484 e. The van der Waals surface area contributed by atoms with E-state index in [1.165, 1.54) is 21.9 Å². The molecule has 0 saturated heterocycles. The molecule has 0 radical (unpaired) electrons. The molecular weight excluding hydrogens is 436 g/mol. The van der Waals surface area contributed by atoms with Gasteiger partial charge in [-0.2, -0.15) is 0 Å². The summed E-state index contributed by atoms with van der Waals surface area (Å²) in [4.78, 5) is 7.91. The zero-order valence-corrected chi connectivity index (χ0v) is 18.8. The number of halogens is 1. The fourth-order valence-electron chi connectivity index (χ4n) is 4.39. The Morgan fingerprint density at radius 3 is 2.64 bits per heavy atom. The van der Waals surface area contributed by atoms with Crippen molar-refractivity contribution in [2.75, 3.05) is 0 Å². The molecule has 0 aliphatic heterocycles. The second kappa shape index (κ2) is 7.60. The first-order valence-electron chi connectivity index (χ1n) is 10.6. The Morgan fingerprint density at radius 2 is 1.79 bits per heavy atom. The van der Waals surface area contributed by atoms with Crippen molar-refractivity contribution in [2.24, 2.45) is 0 Å². The van der Waals surface area contributed by atoms with E-state index in [1.54, 1.807) is 12.1 Å². The van der Waals surface area contributed by atoms with Gasteiger partial charge in [0.25, 0.3) is 5.89 Å². The van der Waals surface area contributed by atoms with E-state index in [-0.39, 0.29) is 6.61 Å². The third kappa shape index (κ3) is 3.31. The van der Waals surface area contributed by atoms with Crippen molar-refractivity contribution in [3.63, 3.8) is 0 Å². The summed E-state index contributed by atoms with van der Waals surface area (Å²) in [6.07, 6.45) is 3.77. The smallest absolute Gasteiger partial charge is 0.254 e. The molecule has 0 aliphatic carbocycles. The summed E-state index contributed by atoms with van der Waals surface area (Å²) in [7, 11) is 0. The number of aryl methyl sites for hydroxylation is 2. The maximum Gasteiger partial charge on any atom is 0.254 e. The first kappa shape index (κ1) is 19.8. The fraction of sp³-hybridized carbons (Fsp3) is 0.115. The third-order valence-electron chi connectivity index (χ3n) is 6.07. The van der Waals surface area contributed by atoms with Gasteiger partial charge in [-0.1, -0.05) is 11.6 Å². The van der Waals surface area contributed by atoms with Crippen molar-refractivity contribution in [1.29, 1.82) is 0 Å². The Balaban J connectivity index is 1.33. The predicted octanol–water partition coefficient (Wildman–Crippen LogP) is 6.77. The summed E-state index contributed by atoms with van der Waals surface area (Å²) in [5, 5.41) is 13.6. The highest BCUT2D eigenvalue weighted by Crippen LogP contribution is 2.37. The summed E-state index contributed by atoms with van der Waals surface area (Å²) in [5.74, 6) is 1.57. The predicted molar refractivity (Wildman–Crippen MR) is 130 cm³/mol. The minimum atomic E-state index is 0.180. The van der Waals surface area contributed by atoms with Gasteiger partial charge in [-0.15, -0.1) is 10.2 Å². The molecule has 0 saturated carbocycles. The summed E-state index contributed by atoms with van der Waals surface area (Å²) < 4.78 is 11.8. The number of hydrogen-bond donors (Lipinski definition) is 1. The van der Waals surface area contributed by atoms with Crippen molar-refractivity contribution in [1.82, 2.24) is 20.2 Å². The Kier molecular flexibility index (Phi) is 4.55. The van der Waals surface area contributed by atoms with Crippen LogP contribution < -0.4 is 4.74 Å². The van der Waals surface area contributed by atoms with E-state index in [4.69, 9.17) is 20.8 Å². The number of hydrogen-bond acceptors (Lipinski definition) is 5. The van der Waals surface area contributed by atoms with Gasteiger partial charge in [-0.3, -0.25) is 4.98 Å². The first-order chi connectivity index (χ1) is 16.1. The van der Waals surface area contributed by atoms with Crippen LogP contribution in [-0.4, -0.2) is 20.2 Å². The van der Waals surface area contributed by atoms with Gasteiger partial charge >= 0.3 is 0 Å². The molecule has 6 nitrogen and oxygen atoms in total. The third-order valence-corrected chi connectivity index (χ3v) is 6.32. The molecule has 6 aromatic rings. The maximum absolute atomic E-state index is 6.00. The second-order valence-electron chi connectivity index (χ2n) is 8.05. The average molecular weight is 455 g/mol. The van der Waals surface area contributed by atoms with Crippen LogP contribution in [-0.2, 0) is 6.61 Å². The Labute approximate surface area is 194 Å². The summed E-state index contributed by atoms with van der Waals surface area (Å²) in [5.41, 5.74) is 5.43. The van der Waals surface area contributed by atoms with Gasteiger partial charge in [0, 0.05) is 44.7 Å². The van der Waals surface area contributed by atoms with E-state index in [1.807, 2.05) is 36.7 Å². The van der Waals surface area contributed by atoms with Gasteiger partial charge in [0.05, 0.1) is 5.52 Å². The molecular formula is C26H19ClN4O2. The number of fused-ring (bicyclic) bond motifs is 4. The Morgan fingerprint density at radius 1 is 0.939 bits per heavy atom. The summed E-state index contributed by atoms with van der Waals surface area (Å²) >= 11 is 5.95. The molecule has 3 aromatic heterocycles. The highest BCUT2D eigenvalue weighted by atomic mass is 35.5. The number of rotatable bonds is 4. The van der Waals surface area contributed by atoms with Crippen molar-refractivity contribution < 1.29 is 9.15 Å².